The molecule has 0 aliphatic carbocycles. The van der Waals surface area contributed by atoms with E-state index in [0.717, 1.165) is 11.3 Å². The molecule has 0 radical (unpaired) electrons. The minimum absolute atomic E-state index is 0.170. The number of hydrogen-bond acceptors (Lipinski definition) is 4. The van der Waals surface area contributed by atoms with E-state index in [1.165, 1.54) is 0 Å². The number of aryl methyl sites for hydroxylation is 1. The van der Waals surface area contributed by atoms with E-state index in [9.17, 15) is 5.26 Å². The number of hydrogen-bond donors (Lipinski definition) is 2. The summed E-state index contributed by atoms with van der Waals surface area (Å²) < 4.78 is 5.50. The van der Waals surface area contributed by atoms with Crippen LogP contribution in [0.15, 0.2) is 11.5 Å². The fourth-order valence-electron chi connectivity index (χ4n) is 3.42. The summed E-state index contributed by atoms with van der Waals surface area (Å²) in [6.07, 6.45) is 0. The Balaban J connectivity index is 2.86. The van der Waals surface area contributed by atoms with Gasteiger partial charge in [-0.05, 0) is 18.8 Å². The van der Waals surface area contributed by atoms with E-state index >= 15 is 0 Å². The Morgan fingerprint density at radius 2 is 1.89 bits per heavy atom. The van der Waals surface area contributed by atoms with E-state index in [1.807, 2.05) is 6.92 Å². The number of H-pyrrole nitrogens is 1. The SMILES string of the molecule is Cc1[nH]nc2c1C(C(C)C)(C(C)C)C(C#N)=C(N)O2. The number of nitrogens with two attached hydrogens (primary N) is 1. The van der Waals surface area contributed by atoms with Gasteiger partial charge in [-0.25, -0.2) is 0 Å². The Hall–Kier alpha value is -1.96. The van der Waals surface area contributed by atoms with Gasteiger partial charge in [0.15, 0.2) is 0 Å². The first-order chi connectivity index (χ1) is 8.87. The molecule has 0 saturated heterocycles. The van der Waals surface area contributed by atoms with Crippen molar-refractivity contribution in [3.8, 4) is 11.9 Å². The third kappa shape index (κ3) is 1.56. The number of nitriles is 1. The van der Waals surface area contributed by atoms with Gasteiger partial charge in [-0.15, -0.1) is 5.10 Å². The molecule has 5 nitrogen and oxygen atoms in total. The lowest BCUT2D eigenvalue weighted by Crippen LogP contribution is -2.44. The molecule has 0 amide bonds. The number of nitrogens with one attached hydrogen (secondary N) is 1. The van der Waals surface area contributed by atoms with Gasteiger partial charge in [0.1, 0.15) is 11.6 Å². The lowest BCUT2D eigenvalue weighted by Gasteiger charge is -2.43. The van der Waals surface area contributed by atoms with Gasteiger partial charge in [-0.3, -0.25) is 5.10 Å². The molecule has 0 spiro atoms. The van der Waals surface area contributed by atoms with Gasteiger partial charge in [-0.2, -0.15) is 5.26 Å². The fraction of sp³-hybridized carbons (Fsp3) is 0.571. The second kappa shape index (κ2) is 4.30. The van der Waals surface area contributed by atoms with Crippen LogP contribution in [0.3, 0.4) is 0 Å². The van der Waals surface area contributed by atoms with Crippen molar-refractivity contribution in [2.24, 2.45) is 17.6 Å². The molecule has 1 aliphatic rings. The van der Waals surface area contributed by atoms with Crippen LogP contribution in [0.5, 0.6) is 5.88 Å². The Morgan fingerprint density at radius 3 is 2.37 bits per heavy atom. The Morgan fingerprint density at radius 1 is 1.32 bits per heavy atom. The van der Waals surface area contributed by atoms with Gasteiger partial charge in [0.05, 0.1) is 0 Å². The van der Waals surface area contributed by atoms with E-state index in [0.29, 0.717) is 11.5 Å². The Bertz CT molecular complexity index is 567. The summed E-state index contributed by atoms with van der Waals surface area (Å²) in [6.45, 7) is 10.4. The van der Waals surface area contributed by atoms with Gasteiger partial charge in [0.25, 0.3) is 0 Å². The second-order valence-corrected chi connectivity index (χ2v) is 5.66. The fourth-order valence-corrected chi connectivity index (χ4v) is 3.42. The molecule has 0 bridgehead atoms. The van der Waals surface area contributed by atoms with Crippen molar-refractivity contribution in [2.45, 2.75) is 40.0 Å². The van der Waals surface area contributed by atoms with Crippen LogP contribution in [-0.4, -0.2) is 10.2 Å². The third-order valence-corrected chi connectivity index (χ3v) is 4.13. The number of allylic oxidation sites excluding steroid dienone is 1. The van der Waals surface area contributed by atoms with Gasteiger partial charge in [0, 0.05) is 16.7 Å². The lowest BCUT2D eigenvalue weighted by atomic mass is 9.60. The summed E-state index contributed by atoms with van der Waals surface area (Å²) in [5.74, 6) is 1.08. The molecule has 102 valence electrons. The molecule has 2 heterocycles. The average Bonchev–Trinajstić information content (AvgIpc) is 2.68. The van der Waals surface area contributed by atoms with E-state index in [-0.39, 0.29) is 17.7 Å². The first-order valence-corrected chi connectivity index (χ1v) is 6.50. The number of rotatable bonds is 2. The molecule has 0 unspecified atom stereocenters. The maximum atomic E-state index is 9.55. The van der Waals surface area contributed by atoms with Crippen molar-refractivity contribution in [3.63, 3.8) is 0 Å². The molecule has 2 rings (SSSR count). The van der Waals surface area contributed by atoms with Crippen LogP contribution in [0.1, 0.15) is 39.0 Å². The van der Waals surface area contributed by atoms with Crippen molar-refractivity contribution >= 4 is 0 Å². The molecule has 1 aliphatic heterocycles. The molecule has 1 aromatic heterocycles. The predicted molar refractivity (Wildman–Crippen MR) is 72.1 cm³/mol. The van der Waals surface area contributed by atoms with Crippen molar-refractivity contribution in [3.05, 3.63) is 22.7 Å². The smallest absolute Gasteiger partial charge is 0.244 e. The summed E-state index contributed by atoms with van der Waals surface area (Å²) in [5, 5.41) is 16.7. The van der Waals surface area contributed by atoms with Crippen LogP contribution in [0.4, 0.5) is 0 Å². The van der Waals surface area contributed by atoms with Crippen molar-refractivity contribution < 1.29 is 4.74 Å². The zero-order chi connectivity index (χ0) is 14.4. The highest BCUT2D eigenvalue weighted by Crippen LogP contribution is 2.52. The van der Waals surface area contributed by atoms with Crippen LogP contribution in [0.2, 0.25) is 0 Å². The lowest BCUT2D eigenvalue weighted by molar-refractivity contribution is 0.231. The highest BCUT2D eigenvalue weighted by molar-refractivity contribution is 5.54. The number of fused-ring (bicyclic) bond motifs is 1. The number of ether oxygens (including phenoxy) is 1. The normalized spacial score (nSPS) is 17.4. The molecule has 0 atom stereocenters. The highest BCUT2D eigenvalue weighted by atomic mass is 16.5. The largest absolute Gasteiger partial charge is 0.420 e. The highest BCUT2D eigenvalue weighted by Gasteiger charge is 2.51. The van der Waals surface area contributed by atoms with E-state index in [2.05, 4.69) is 44.0 Å². The first-order valence-electron chi connectivity index (χ1n) is 6.50. The van der Waals surface area contributed by atoms with Crippen LogP contribution in [0.25, 0.3) is 0 Å². The molecule has 5 heteroatoms. The Kier molecular flexibility index (Phi) is 3.05. The number of nitrogens with zero attached hydrogens (tertiary/aromatic N) is 2. The third-order valence-electron chi connectivity index (χ3n) is 4.13. The van der Waals surface area contributed by atoms with E-state index in [1.54, 1.807) is 0 Å². The second-order valence-electron chi connectivity index (χ2n) is 5.66. The number of aromatic nitrogens is 2. The molecular weight excluding hydrogens is 240 g/mol. The number of aromatic amines is 1. The molecule has 0 saturated carbocycles. The van der Waals surface area contributed by atoms with Gasteiger partial charge in [-0.1, -0.05) is 27.7 Å². The monoisotopic (exact) mass is 260 g/mol. The summed E-state index contributed by atoms with van der Waals surface area (Å²) in [7, 11) is 0. The minimum Gasteiger partial charge on any atom is -0.420 e. The van der Waals surface area contributed by atoms with Crippen LogP contribution < -0.4 is 10.5 Å². The van der Waals surface area contributed by atoms with Crippen molar-refractivity contribution in [1.82, 2.24) is 10.2 Å². The first kappa shape index (κ1) is 13.5. The Labute approximate surface area is 113 Å². The minimum atomic E-state index is -0.455. The molecular formula is C14H20N4O. The molecule has 0 aromatic carbocycles. The average molecular weight is 260 g/mol. The molecule has 0 fully saturated rings. The van der Waals surface area contributed by atoms with E-state index < -0.39 is 5.41 Å². The van der Waals surface area contributed by atoms with Gasteiger partial charge >= 0.3 is 0 Å². The van der Waals surface area contributed by atoms with Gasteiger partial charge in [0.2, 0.25) is 11.8 Å². The zero-order valence-corrected chi connectivity index (χ0v) is 12.0. The van der Waals surface area contributed by atoms with Crippen molar-refractivity contribution in [2.75, 3.05) is 0 Å². The van der Waals surface area contributed by atoms with Gasteiger partial charge < -0.3 is 10.5 Å². The summed E-state index contributed by atoms with van der Waals surface area (Å²) >= 11 is 0. The summed E-state index contributed by atoms with van der Waals surface area (Å²) in [6, 6.07) is 2.25. The van der Waals surface area contributed by atoms with Crippen LogP contribution >= 0.6 is 0 Å². The zero-order valence-electron chi connectivity index (χ0n) is 12.0. The standard InChI is InChI=1S/C14H20N4O/c1-7(2)14(8(3)4)10(6-15)12(16)19-13-11(14)9(5)17-18-13/h7-8H,16H2,1-5H3,(H,17,18). The maximum Gasteiger partial charge on any atom is 0.244 e. The molecule has 19 heavy (non-hydrogen) atoms. The van der Waals surface area contributed by atoms with Crippen LogP contribution in [0, 0.1) is 30.1 Å². The molecule has 3 N–H and O–H groups in total. The maximum absolute atomic E-state index is 9.55. The van der Waals surface area contributed by atoms with Crippen molar-refractivity contribution in [1.29, 1.82) is 5.26 Å². The quantitative estimate of drug-likeness (QED) is 0.854. The van der Waals surface area contributed by atoms with E-state index in [4.69, 9.17) is 10.5 Å². The van der Waals surface area contributed by atoms with Crippen LogP contribution in [-0.2, 0) is 5.41 Å². The summed E-state index contributed by atoms with van der Waals surface area (Å²) in [5.41, 5.74) is 7.89. The summed E-state index contributed by atoms with van der Waals surface area (Å²) in [4.78, 5) is 0. The molecule has 1 aromatic rings. The predicted octanol–water partition coefficient (Wildman–Crippen LogP) is 2.35. The topological polar surface area (TPSA) is 87.7 Å².